The summed E-state index contributed by atoms with van der Waals surface area (Å²) < 4.78 is 5.01. The second-order valence-corrected chi connectivity index (χ2v) is 5.46. The number of anilines is 1. The van der Waals surface area contributed by atoms with E-state index < -0.39 is 0 Å². The molecule has 0 unspecified atom stereocenters. The minimum absolute atomic E-state index is 0.267. The van der Waals surface area contributed by atoms with Crippen LogP contribution in [0.4, 0.5) is 5.82 Å². The van der Waals surface area contributed by atoms with Gasteiger partial charge in [0.25, 0.3) is 0 Å². The number of likely N-dealkylation sites (tertiary alicyclic amines) is 1. The van der Waals surface area contributed by atoms with E-state index in [0.29, 0.717) is 29.6 Å². The molecule has 0 aromatic carbocycles. The third-order valence-corrected chi connectivity index (χ3v) is 3.71. The van der Waals surface area contributed by atoms with Crippen molar-refractivity contribution < 1.29 is 4.52 Å². The number of hydrogen-bond acceptors (Lipinski definition) is 7. The van der Waals surface area contributed by atoms with Crippen LogP contribution < -0.4 is 5.32 Å². The van der Waals surface area contributed by atoms with Crippen LogP contribution in [0.15, 0.2) is 22.9 Å². The summed E-state index contributed by atoms with van der Waals surface area (Å²) in [5, 5.41) is 16.5. The average Bonchev–Trinajstić information content (AvgIpc) is 2.93. The van der Waals surface area contributed by atoms with E-state index in [1.807, 2.05) is 0 Å². The van der Waals surface area contributed by atoms with Crippen LogP contribution in [0.3, 0.4) is 0 Å². The minimum atomic E-state index is 0.267. The monoisotopic (exact) mass is 298 g/mol. The van der Waals surface area contributed by atoms with Gasteiger partial charge in [0.1, 0.15) is 11.9 Å². The summed E-state index contributed by atoms with van der Waals surface area (Å²) in [6.07, 6.45) is 3.85. The van der Waals surface area contributed by atoms with Gasteiger partial charge in [-0.1, -0.05) is 5.16 Å². The first-order chi connectivity index (χ1) is 10.7. The molecule has 0 aliphatic carbocycles. The lowest BCUT2D eigenvalue weighted by atomic mass is 10.1. The number of pyridine rings is 1. The quantitative estimate of drug-likeness (QED) is 0.918. The Morgan fingerprint density at radius 3 is 3.23 bits per heavy atom. The van der Waals surface area contributed by atoms with Gasteiger partial charge >= 0.3 is 0 Å². The maximum atomic E-state index is 9.13. The summed E-state index contributed by atoms with van der Waals surface area (Å²) in [6.45, 7) is 4.36. The zero-order chi connectivity index (χ0) is 15.4. The third kappa shape index (κ3) is 3.40. The van der Waals surface area contributed by atoms with Gasteiger partial charge in [-0.15, -0.1) is 0 Å². The van der Waals surface area contributed by atoms with Crippen LogP contribution >= 0.6 is 0 Å². The van der Waals surface area contributed by atoms with Crippen molar-refractivity contribution >= 4 is 5.82 Å². The van der Waals surface area contributed by atoms with Gasteiger partial charge < -0.3 is 9.84 Å². The second-order valence-electron chi connectivity index (χ2n) is 5.46. The first-order valence-corrected chi connectivity index (χ1v) is 7.38. The fourth-order valence-corrected chi connectivity index (χ4v) is 2.73. The zero-order valence-electron chi connectivity index (χ0n) is 12.5. The molecule has 1 aliphatic heterocycles. The second kappa shape index (κ2) is 6.54. The Bertz CT molecular complexity index is 677. The highest BCUT2D eigenvalue weighted by Gasteiger charge is 2.22. The molecule has 0 radical (unpaired) electrons. The lowest BCUT2D eigenvalue weighted by Crippen LogP contribution is -2.42. The lowest BCUT2D eigenvalue weighted by Gasteiger charge is -2.32. The first-order valence-electron chi connectivity index (χ1n) is 7.38. The van der Waals surface area contributed by atoms with Gasteiger partial charge in [-0.25, -0.2) is 4.98 Å². The fraction of sp³-hybridized carbons (Fsp3) is 0.467. The smallest absolute Gasteiger partial charge is 0.223 e. The molecule has 7 heteroatoms. The van der Waals surface area contributed by atoms with Crippen molar-refractivity contribution in [2.24, 2.45) is 0 Å². The summed E-state index contributed by atoms with van der Waals surface area (Å²) in [5.74, 6) is 1.97. The standard InChI is InChI=1S/C15H18N6O/c1-11-18-14(20-22-11)10-21-7-3-5-13(9-21)19-15-12(8-16)4-2-6-17-15/h2,4,6,13H,3,5,7,9-10H2,1H3,(H,17,19)/t13-/m1/s1. The highest BCUT2D eigenvalue weighted by Crippen LogP contribution is 2.18. The number of aromatic nitrogens is 3. The van der Waals surface area contributed by atoms with E-state index >= 15 is 0 Å². The Balaban J connectivity index is 1.62. The normalized spacial score (nSPS) is 18.8. The molecule has 1 N–H and O–H groups in total. The first kappa shape index (κ1) is 14.5. The molecule has 0 saturated carbocycles. The van der Waals surface area contributed by atoms with Crippen LogP contribution in [0, 0.1) is 18.3 Å². The third-order valence-electron chi connectivity index (χ3n) is 3.71. The molecule has 2 aromatic rings. The molecule has 1 aliphatic rings. The summed E-state index contributed by atoms with van der Waals surface area (Å²) >= 11 is 0. The maximum Gasteiger partial charge on any atom is 0.223 e. The molecule has 1 saturated heterocycles. The van der Waals surface area contributed by atoms with E-state index in [1.54, 1.807) is 25.3 Å². The van der Waals surface area contributed by atoms with Crippen LogP contribution in [0.1, 0.15) is 30.1 Å². The molecule has 0 bridgehead atoms. The molecule has 1 atom stereocenters. The van der Waals surface area contributed by atoms with Crippen molar-refractivity contribution in [1.29, 1.82) is 5.26 Å². The van der Waals surface area contributed by atoms with Crippen LogP contribution in [-0.2, 0) is 6.54 Å². The number of rotatable bonds is 4. The number of nitrogens with one attached hydrogen (secondary N) is 1. The van der Waals surface area contributed by atoms with Gasteiger partial charge in [-0.3, -0.25) is 4.90 Å². The van der Waals surface area contributed by atoms with Crippen LogP contribution in [0.5, 0.6) is 0 Å². The maximum absolute atomic E-state index is 9.13. The van der Waals surface area contributed by atoms with Crippen molar-refractivity contribution in [3.05, 3.63) is 35.6 Å². The molecule has 1 fully saturated rings. The Hall–Kier alpha value is -2.46. The average molecular weight is 298 g/mol. The molecule has 114 valence electrons. The molecule has 3 heterocycles. The molecule has 2 aromatic heterocycles. The highest BCUT2D eigenvalue weighted by molar-refractivity contribution is 5.51. The molecule has 3 rings (SSSR count). The molecular weight excluding hydrogens is 280 g/mol. The van der Waals surface area contributed by atoms with Gasteiger partial charge in [-0.05, 0) is 31.5 Å². The van der Waals surface area contributed by atoms with Crippen LogP contribution in [0.25, 0.3) is 0 Å². The summed E-state index contributed by atoms with van der Waals surface area (Å²) in [4.78, 5) is 10.8. The number of piperidine rings is 1. The van der Waals surface area contributed by atoms with E-state index in [9.17, 15) is 0 Å². The lowest BCUT2D eigenvalue weighted by molar-refractivity contribution is 0.201. The van der Waals surface area contributed by atoms with Gasteiger partial charge in [0, 0.05) is 25.7 Å². The Labute approximate surface area is 129 Å². The highest BCUT2D eigenvalue weighted by atomic mass is 16.5. The molecule has 0 spiro atoms. The van der Waals surface area contributed by atoms with E-state index in [0.717, 1.165) is 25.9 Å². The van der Waals surface area contributed by atoms with Gasteiger partial charge in [-0.2, -0.15) is 10.2 Å². The van der Waals surface area contributed by atoms with Crippen molar-refractivity contribution in [2.75, 3.05) is 18.4 Å². The summed E-state index contributed by atoms with van der Waals surface area (Å²) in [5.41, 5.74) is 0.577. The SMILES string of the molecule is Cc1nc(CN2CCC[C@@H](Nc3ncccc3C#N)C2)no1. The van der Waals surface area contributed by atoms with E-state index in [-0.39, 0.29) is 6.04 Å². The largest absolute Gasteiger partial charge is 0.365 e. The van der Waals surface area contributed by atoms with Crippen molar-refractivity contribution in [2.45, 2.75) is 32.4 Å². The Morgan fingerprint density at radius 2 is 2.45 bits per heavy atom. The van der Waals surface area contributed by atoms with Gasteiger partial charge in [0.05, 0.1) is 12.1 Å². The van der Waals surface area contributed by atoms with Crippen LogP contribution in [-0.4, -0.2) is 39.2 Å². The molecule has 7 nitrogen and oxygen atoms in total. The van der Waals surface area contributed by atoms with Crippen molar-refractivity contribution in [3.63, 3.8) is 0 Å². The Morgan fingerprint density at radius 1 is 1.55 bits per heavy atom. The van der Waals surface area contributed by atoms with Gasteiger partial charge in [0.2, 0.25) is 5.89 Å². The van der Waals surface area contributed by atoms with Crippen LogP contribution in [0.2, 0.25) is 0 Å². The number of hydrogen-bond donors (Lipinski definition) is 1. The minimum Gasteiger partial charge on any atom is -0.365 e. The number of nitrogens with zero attached hydrogens (tertiary/aromatic N) is 5. The van der Waals surface area contributed by atoms with E-state index in [4.69, 9.17) is 9.78 Å². The number of aryl methyl sites for hydroxylation is 1. The molecule has 22 heavy (non-hydrogen) atoms. The summed E-state index contributed by atoms with van der Waals surface area (Å²) in [6, 6.07) is 5.98. The molecule has 0 amide bonds. The van der Waals surface area contributed by atoms with Gasteiger partial charge in [0.15, 0.2) is 5.82 Å². The van der Waals surface area contributed by atoms with Crippen molar-refractivity contribution in [1.82, 2.24) is 20.0 Å². The fourth-order valence-electron chi connectivity index (χ4n) is 2.73. The topological polar surface area (TPSA) is 90.9 Å². The molecular formula is C15H18N6O. The Kier molecular flexibility index (Phi) is 4.30. The predicted octanol–water partition coefficient (Wildman–Crippen LogP) is 1.72. The van der Waals surface area contributed by atoms with Crippen molar-refractivity contribution in [3.8, 4) is 6.07 Å². The predicted molar refractivity (Wildman–Crippen MR) is 79.9 cm³/mol. The number of nitriles is 1. The van der Waals surface area contributed by atoms with E-state index in [2.05, 4.69) is 31.4 Å². The van der Waals surface area contributed by atoms with E-state index in [1.165, 1.54) is 0 Å². The summed E-state index contributed by atoms with van der Waals surface area (Å²) in [7, 11) is 0. The zero-order valence-corrected chi connectivity index (χ0v) is 12.5.